The maximum atomic E-state index is 11.9. The van der Waals surface area contributed by atoms with E-state index in [0.717, 1.165) is 11.2 Å². The predicted octanol–water partition coefficient (Wildman–Crippen LogP) is 1.43. The van der Waals surface area contributed by atoms with E-state index < -0.39 is 7.12 Å². The molecule has 1 N–H and O–H groups in total. The maximum Gasteiger partial charge on any atom is 0.494 e. The summed E-state index contributed by atoms with van der Waals surface area (Å²) in [6.45, 7) is 8.43. The fourth-order valence-corrected chi connectivity index (χ4v) is 2.60. The molecule has 0 saturated carbocycles. The van der Waals surface area contributed by atoms with Gasteiger partial charge in [-0.2, -0.15) is 0 Å². The van der Waals surface area contributed by atoms with Gasteiger partial charge in [0.2, 0.25) is 5.91 Å². The monoisotopic (exact) mass is 316 g/mol. The zero-order chi connectivity index (χ0) is 16.8. The molecule has 1 aromatic carbocycles. The third kappa shape index (κ3) is 2.86. The van der Waals surface area contributed by atoms with Crippen molar-refractivity contribution in [3.05, 3.63) is 24.3 Å². The lowest BCUT2D eigenvalue weighted by Gasteiger charge is -2.32. The van der Waals surface area contributed by atoms with Crippen LogP contribution in [0.1, 0.15) is 34.1 Å². The van der Waals surface area contributed by atoms with Crippen molar-refractivity contribution in [2.45, 2.75) is 45.3 Å². The van der Waals surface area contributed by atoms with Crippen LogP contribution in [-0.2, 0) is 14.1 Å². The Kier molecular flexibility index (Phi) is 3.73. The van der Waals surface area contributed by atoms with E-state index in [9.17, 15) is 9.59 Å². The second kappa shape index (κ2) is 5.35. The molecule has 0 spiro atoms. The van der Waals surface area contributed by atoms with Crippen LogP contribution >= 0.6 is 0 Å². The van der Waals surface area contributed by atoms with Crippen molar-refractivity contribution >= 4 is 30.2 Å². The third-order valence-electron chi connectivity index (χ3n) is 4.78. The number of benzene rings is 1. The van der Waals surface area contributed by atoms with Gasteiger partial charge in [-0.05, 0) is 45.3 Å². The number of carbonyl (C=O) groups excluding carboxylic acids is 2. The number of rotatable bonds is 2. The van der Waals surface area contributed by atoms with E-state index in [0.29, 0.717) is 13.0 Å². The number of hydrogen-bond donors (Lipinski definition) is 1. The largest absolute Gasteiger partial charge is 0.494 e. The number of amides is 3. The van der Waals surface area contributed by atoms with Gasteiger partial charge in [0, 0.05) is 18.7 Å². The second-order valence-corrected chi connectivity index (χ2v) is 6.93. The fourth-order valence-electron chi connectivity index (χ4n) is 2.60. The lowest BCUT2D eigenvalue weighted by Crippen LogP contribution is -2.49. The minimum atomic E-state index is -0.425. The number of anilines is 1. The molecule has 2 aliphatic rings. The van der Waals surface area contributed by atoms with E-state index in [1.54, 1.807) is 4.90 Å². The minimum absolute atomic E-state index is 0.236. The first kappa shape index (κ1) is 16.0. The van der Waals surface area contributed by atoms with E-state index in [1.807, 2.05) is 52.0 Å². The molecule has 0 aromatic heterocycles. The summed E-state index contributed by atoms with van der Waals surface area (Å²) in [5, 5.41) is 2.32. The van der Waals surface area contributed by atoms with Crippen molar-refractivity contribution in [1.29, 1.82) is 0 Å². The van der Waals surface area contributed by atoms with E-state index in [4.69, 9.17) is 9.31 Å². The molecular formula is C16H21BN2O4. The topological polar surface area (TPSA) is 67.9 Å². The maximum absolute atomic E-state index is 11.9. The van der Waals surface area contributed by atoms with Gasteiger partial charge in [0.15, 0.2) is 0 Å². The first-order chi connectivity index (χ1) is 10.7. The lowest BCUT2D eigenvalue weighted by atomic mass is 9.79. The summed E-state index contributed by atoms with van der Waals surface area (Å²) in [6.07, 6.45) is 0.310. The van der Waals surface area contributed by atoms with Crippen LogP contribution in [0, 0.1) is 0 Å². The van der Waals surface area contributed by atoms with Crippen LogP contribution in [0.5, 0.6) is 0 Å². The van der Waals surface area contributed by atoms with Gasteiger partial charge in [0.1, 0.15) is 0 Å². The molecule has 122 valence electrons. The highest BCUT2D eigenvalue weighted by molar-refractivity contribution is 6.62. The van der Waals surface area contributed by atoms with Crippen molar-refractivity contribution in [3.63, 3.8) is 0 Å². The van der Waals surface area contributed by atoms with Gasteiger partial charge in [0.05, 0.1) is 11.2 Å². The Bertz CT molecular complexity index is 626. The Labute approximate surface area is 136 Å². The Balaban J connectivity index is 1.76. The first-order valence-electron chi connectivity index (χ1n) is 7.76. The molecule has 2 saturated heterocycles. The zero-order valence-corrected chi connectivity index (χ0v) is 13.9. The summed E-state index contributed by atoms with van der Waals surface area (Å²) in [5.41, 5.74) is 0.878. The first-order valence-corrected chi connectivity index (χ1v) is 7.76. The highest BCUT2D eigenvalue weighted by Gasteiger charge is 2.51. The Morgan fingerprint density at radius 1 is 1.04 bits per heavy atom. The van der Waals surface area contributed by atoms with Crippen molar-refractivity contribution in [3.8, 4) is 0 Å². The smallest absolute Gasteiger partial charge is 0.399 e. The van der Waals surface area contributed by atoms with Crippen molar-refractivity contribution < 1.29 is 18.9 Å². The lowest BCUT2D eigenvalue weighted by molar-refractivity contribution is -0.120. The van der Waals surface area contributed by atoms with Gasteiger partial charge in [0.25, 0.3) is 0 Å². The van der Waals surface area contributed by atoms with Crippen molar-refractivity contribution in [2.75, 3.05) is 11.4 Å². The van der Waals surface area contributed by atoms with E-state index in [-0.39, 0.29) is 23.1 Å². The SMILES string of the molecule is CC1(C)OB(c2ccc(N3CCC(=O)NC3=O)cc2)OC1(C)C. The normalized spacial score (nSPS) is 23.1. The molecule has 0 atom stereocenters. The average molecular weight is 316 g/mol. The van der Waals surface area contributed by atoms with E-state index in [2.05, 4.69) is 5.32 Å². The highest BCUT2D eigenvalue weighted by atomic mass is 16.7. The van der Waals surface area contributed by atoms with Gasteiger partial charge >= 0.3 is 13.1 Å². The predicted molar refractivity (Wildman–Crippen MR) is 87.7 cm³/mol. The van der Waals surface area contributed by atoms with Crippen LogP contribution in [0.25, 0.3) is 0 Å². The molecule has 2 heterocycles. The van der Waals surface area contributed by atoms with Crippen LogP contribution in [-0.4, -0.2) is 36.8 Å². The van der Waals surface area contributed by atoms with Gasteiger partial charge in [-0.25, -0.2) is 4.79 Å². The van der Waals surface area contributed by atoms with Gasteiger partial charge in [-0.15, -0.1) is 0 Å². The van der Waals surface area contributed by atoms with Gasteiger partial charge in [-0.3, -0.25) is 15.0 Å². The highest BCUT2D eigenvalue weighted by Crippen LogP contribution is 2.36. The summed E-state index contributed by atoms with van der Waals surface area (Å²) in [5.74, 6) is -0.236. The molecule has 3 amide bonds. The molecule has 0 bridgehead atoms. The van der Waals surface area contributed by atoms with E-state index in [1.165, 1.54) is 0 Å². The summed E-state index contributed by atoms with van der Waals surface area (Å²) in [4.78, 5) is 24.6. The van der Waals surface area contributed by atoms with Gasteiger partial charge in [-0.1, -0.05) is 12.1 Å². The van der Waals surface area contributed by atoms with Crippen LogP contribution in [0.2, 0.25) is 0 Å². The molecule has 3 rings (SSSR count). The molecule has 23 heavy (non-hydrogen) atoms. The summed E-state index contributed by atoms with van der Waals surface area (Å²) in [7, 11) is -0.425. The number of nitrogens with one attached hydrogen (secondary N) is 1. The van der Waals surface area contributed by atoms with Crippen LogP contribution < -0.4 is 15.7 Å². The Hall–Kier alpha value is -1.86. The number of imide groups is 1. The molecule has 2 aliphatic heterocycles. The standard InChI is InChI=1S/C16H21BN2O4/c1-15(2)16(3,4)23-17(22-15)11-5-7-12(8-6-11)19-10-9-13(20)18-14(19)21/h5-8H,9-10H2,1-4H3,(H,18,20,21). The summed E-state index contributed by atoms with van der Waals surface area (Å²) >= 11 is 0. The molecule has 2 fully saturated rings. The number of carbonyl (C=O) groups is 2. The molecule has 0 radical (unpaired) electrons. The zero-order valence-electron chi connectivity index (χ0n) is 13.9. The number of urea groups is 1. The number of nitrogens with zero attached hydrogens (tertiary/aromatic N) is 1. The quantitative estimate of drug-likeness (QED) is 0.838. The molecule has 1 aromatic rings. The summed E-state index contributed by atoms with van der Waals surface area (Å²) < 4.78 is 12.0. The number of hydrogen-bond acceptors (Lipinski definition) is 4. The minimum Gasteiger partial charge on any atom is -0.399 e. The van der Waals surface area contributed by atoms with Crippen LogP contribution in [0.3, 0.4) is 0 Å². The molecular weight excluding hydrogens is 295 g/mol. The molecule has 6 nitrogen and oxygen atoms in total. The van der Waals surface area contributed by atoms with Crippen molar-refractivity contribution in [2.24, 2.45) is 0 Å². The van der Waals surface area contributed by atoms with Crippen LogP contribution in [0.15, 0.2) is 24.3 Å². The molecule has 0 aliphatic carbocycles. The van der Waals surface area contributed by atoms with Crippen molar-refractivity contribution in [1.82, 2.24) is 5.32 Å². The Morgan fingerprint density at radius 2 is 1.61 bits per heavy atom. The van der Waals surface area contributed by atoms with Crippen LogP contribution in [0.4, 0.5) is 10.5 Å². The average Bonchev–Trinajstić information content (AvgIpc) is 2.68. The molecule has 7 heteroatoms. The second-order valence-electron chi connectivity index (χ2n) is 6.93. The summed E-state index contributed by atoms with van der Waals surface area (Å²) in [6, 6.07) is 7.08. The van der Waals surface area contributed by atoms with E-state index >= 15 is 0 Å². The van der Waals surface area contributed by atoms with Gasteiger partial charge < -0.3 is 9.31 Å². The fraction of sp³-hybridized carbons (Fsp3) is 0.500. The molecule has 0 unspecified atom stereocenters. The Morgan fingerprint density at radius 3 is 2.13 bits per heavy atom. The third-order valence-corrected chi connectivity index (χ3v) is 4.78.